The van der Waals surface area contributed by atoms with Gasteiger partial charge in [0.1, 0.15) is 11.5 Å². The number of carbonyl (C=O) groups is 2. The Hall–Kier alpha value is -3.24. The molecule has 4 heterocycles. The normalized spacial score (nSPS) is 22.6. The third kappa shape index (κ3) is 5.76. The lowest BCUT2D eigenvalue weighted by atomic mass is 9.94. The second kappa shape index (κ2) is 11.2. The van der Waals surface area contributed by atoms with E-state index in [-0.39, 0.29) is 30.4 Å². The van der Waals surface area contributed by atoms with Gasteiger partial charge in [-0.2, -0.15) is 4.98 Å². The van der Waals surface area contributed by atoms with Crippen molar-refractivity contribution in [2.45, 2.75) is 57.3 Å². The molecule has 2 amide bonds. The van der Waals surface area contributed by atoms with Crippen molar-refractivity contribution in [1.82, 2.24) is 24.7 Å². The second-order valence-corrected chi connectivity index (χ2v) is 10.9. The highest BCUT2D eigenvalue weighted by Gasteiger charge is 2.36. The molecule has 10 heteroatoms. The van der Waals surface area contributed by atoms with Crippen LogP contribution in [0.1, 0.15) is 47.8 Å². The van der Waals surface area contributed by atoms with Gasteiger partial charge in [0, 0.05) is 78.4 Å². The smallest absolute Gasteiger partial charge is 0.272 e. The summed E-state index contributed by atoms with van der Waals surface area (Å²) < 4.78 is 0. The van der Waals surface area contributed by atoms with E-state index >= 15 is 0 Å². The Labute approximate surface area is 224 Å². The van der Waals surface area contributed by atoms with Crippen LogP contribution < -0.4 is 10.2 Å². The number of hydrogen-bond acceptors (Lipinski definition) is 8. The number of piperidine rings is 2. The maximum atomic E-state index is 13.5. The zero-order valence-corrected chi connectivity index (χ0v) is 22.6. The van der Waals surface area contributed by atoms with Gasteiger partial charge in [-0.15, -0.1) is 0 Å². The van der Waals surface area contributed by atoms with Crippen LogP contribution >= 0.6 is 0 Å². The van der Waals surface area contributed by atoms with Crippen molar-refractivity contribution in [1.29, 1.82) is 0 Å². The van der Waals surface area contributed by atoms with Crippen LogP contribution in [0.2, 0.25) is 0 Å². The molecule has 0 saturated carbocycles. The van der Waals surface area contributed by atoms with Gasteiger partial charge in [-0.3, -0.25) is 14.5 Å². The maximum absolute atomic E-state index is 13.5. The summed E-state index contributed by atoms with van der Waals surface area (Å²) in [5.41, 5.74) is 3.04. The summed E-state index contributed by atoms with van der Waals surface area (Å²) in [6, 6.07) is 10.4. The molecule has 3 aliphatic rings. The summed E-state index contributed by atoms with van der Waals surface area (Å²) in [7, 11) is 3.70. The molecule has 2 fully saturated rings. The Morgan fingerprint density at radius 1 is 1.00 bits per heavy atom. The van der Waals surface area contributed by atoms with Gasteiger partial charge in [-0.1, -0.05) is 24.3 Å². The van der Waals surface area contributed by atoms with Gasteiger partial charge >= 0.3 is 0 Å². The number of β-amino-alcohol motifs (C(OH)–C–C–N with tert-alkyl or cyclic N) is 1. The maximum Gasteiger partial charge on any atom is 0.272 e. The number of likely N-dealkylation sites (tertiary alicyclic amines) is 2. The number of aromatic nitrogens is 2. The van der Waals surface area contributed by atoms with Gasteiger partial charge in [-0.05, 0) is 36.8 Å². The average Bonchev–Trinajstić information content (AvgIpc) is 2.92. The fourth-order valence-electron chi connectivity index (χ4n) is 5.86. The summed E-state index contributed by atoms with van der Waals surface area (Å²) >= 11 is 0. The summed E-state index contributed by atoms with van der Waals surface area (Å²) in [4.78, 5) is 42.1. The topological polar surface area (TPSA) is 105 Å². The summed E-state index contributed by atoms with van der Waals surface area (Å²) in [5.74, 6) is 0.980. The Kier molecular flexibility index (Phi) is 7.80. The molecule has 38 heavy (non-hydrogen) atoms. The number of nitrogens with one attached hydrogen (secondary N) is 1. The standard InChI is InChI=1S/C28H39N7O3/c1-19(36)33-13-9-22(10-14-33)29-26-16-23(30-28(31-26)32(2)3)27(38)35-15-11-24(25(37)18-35)34-12-8-20-6-4-5-7-21(20)17-34/h4-7,16,22,24-25,37H,8-15,17-18H2,1-3H3,(H,29,30,31). The minimum Gasteiger partial charge on any atom is -0.390 e. The fourth-order valence-corrected chi connectivity index (χ4v) is 5.86. The largest absolute Gasteiger partial charge is 0.390 e. The number of aliphatic hydroxyl groups is 1. The molecule has 2 saturated heterocycles. The van der Waals surface area contributed by atoms with E-state index in [2.05, 4.69) is 44.5 Å². The van der Waals surface area contributed by atoms with Crippen molar-refractivity contribution in [2.24, 2.45) is 0 Å². The lowest BCUT2D eigenvalue weighted by Crippen LogP contribution is -2.56. The van der Waals surface area contributed by atoms with Crippen LogP contribution in [0.3, 0.4) is 0 Å². The number of fused-ring (bicyclic) bond motifs is 1. The molecule has 2 aromatic rings. The quantitative estimate of drug-likeness (QED) is 0.612. The SMILES string of the molecule is CC(=O)N1CCC(Nc2cc(C(=O)N3CCC(N4CCc5ccccc5C4)C(O)C3)nc(N(C)C)n2)CC1. The number of amides is 2. The molecule has 3 aliphatic heterocycles. The molecule has 0 bridgehead atoms. The minimum atomic E-state index is -0.614. The number of anilines is 2. The molecule has 5 rings (SSSR count). The van der Waals surface area contributed by atoms with Gasteiger partial charge in [0.2, 0.25) is 11.9 Å². The first-order chi connectivity index (χ1) is 18.3. The number of carbonyl (C=O) groups excluding carboxylic acids is 2. The van der Waals surface area contributed by atoms with Crippen LogP contribution in [0.5, 0.6) is 0 Å². The van der Waals surface area contributed by atoms with Gasteiger partial charge in [-0.25, -0.2) is 4.98 Å². The molecule has 204 valence electrons. The molecule has 0 radical (unpaired) electrons. The van der Waals surface area contributed by atoms with Gasteiger partial charge in [0.25, 0.3) is 5.91 Å². The molecule has 2 unspecified atom stereocenters. The Morgan fingerprint density at radius 2 is 1.71 bits per heavy atom. The first-order valence-corrected chi connectivity index (χ1v) is 13.6. The fraction of sp³-hybridized carbons (Fsp3) is 0.571. The predicted octanol–water partition coefficient (Wildman–Crippen LogP) is 1.60. The van der Waals surface area contributed by atoms with Crippen LogP contribution in [0.4, 0.5) is 11.8 Å². The molecule has 2 N–H and O–H groups in total. The van der Waals surface area contributed by atoms with Crippen molar-refractivity contribution in [2.75, 3.05) is 57.0 Å². The third-order valence-corrected chi connectivity index (χ3v) is 8.09. The van der Waals surface area contributed by atoms with Crippen LogP contribution in [-0.4, -0.2) is 107 Å². The lowest BCUT2D eigenvalue weighted by molar-refractivity contribution is -0.129. The molecule has 10 nitrogen and oxygen atoms in total. The highest BCUT2D eigenvalue weighted by atomic mass is 16.3. The zero-order chi connectivity index (χ0) is 26.8. The Morgan fingerprint density at radius 3 is 2.39 bits per heavy atom. The van der Waals surface area contributed by atoms with E-state index in [1.165, 1.54) is 11.1 Å². The minimum absolute atomic E-state index is 0.0354. The van der Waals surface area contributed by atoms with Gasteiger partial charge in [0.15, 0.2) is 0 Å². The van der Waals surface area contributed by atoms with E-state index < -0.39 is 6.10 Å². The number of hydrogen-bond donors (Lipinski definition) is 2. The number of aliphatic hydroxyl groups excluding tert-OH is 1. The molecule has 1 aromatic heterocycles. The molecular formula is C28H39N7O3. The van der Waals surface area contributed by atoms with E-state index in [4.69, 9.17) is 0 Å². The summed E-state index contributed by atoms with van der Waals surface area (Å²) in [6.07, 6.45) is 2.74. The van der Waals surface area contributed by atoms with Crippen molar-refractivity contribution in [3.8, 4) is 0 Å². The molecule has 0 spiro atoms. The summed E-state index contributed by atoms with van der Waals surface area (Å²) in [5, 5.41) is 14.6. The van der Waals surface area contributed by atoms with E-state index in [1.807, 2.05) is 19.0 Å². The van der Waals surface area contributed by atoms with Crippen molar-refractivity contribution in [3.05, 3.63) is 47.2 Å². The predicted molar refractivity (Wildman–Crippen MR) is 146 cm³/mol. The van der Waals surface area contributed by atoms with Crippen molar-refractivity contribution < 1.29 is 14.7 Å². The Balaban J connectivity index is 1.24. The Bertz CT molecular complexity index is 1160. The second-order valence-electron chi connectivity index (χ2n) is 10.9. The van der Waals surface area contributed by atoms with Crippen LogP contribution in [0, 0.1) is 0 Å². The van der Waals surface area contributed by atoms with E-state index in [1.54, 1.807) is 22.8 Å². The van der Waals surface area contributed by atoms with Gasteiger partial charge in [0.05, 0.1) is 6.10 Å². The highest BCUT2D eigenvalue weighted by molar-refractivity contribution is 5.93. The number of rotatable bonds is 5. The number of nitrogens with zero attached hydrogens (tertiary/aromatic N) is 6. The molecule has 2 atom stereocenters. The summed E-state index contributed by atoms with van der Waals surface area (Å²) in [6.45, 7) is 5.64. The number of benzene rings is 1. The van der Waals surface area contributed by atoms with Crippen LogP contribution in [0.25, 0.3) is 0 Å². The van der Waals surface area contributed by atoms with Crippen LogP contribution in [-0.2, 0) is 17.8 Å². The van der Waals surface area contributed by atoms with E-state index in [9.17, 15) is 14.7 Å². The van der Waals surface area contributed by atoms with E-state index in [0.717, 1.165) is 38.8 Å². The lowest BCUT2D eigenvalue weighted by Gasteiger charge is -2.43. The highest BCUT2D eigenvalue weighted by Crippen LogP contribution is 2.26. The monoisotopic (exact) mass is 521 g/mol. The van der Waals surface area contributed by atoms with Crippen LogP contribution in [0.15, 0.2) is 30.3 Å². The molecule has 1 aromatic carbocycles. The van der Waals surface area contributed by atoms with Gasteiger partial charge < -0.3 is 25.1 Å². The molecular weight excluding hydrogens is 482 g/mol. The average molecular weight is 522 g/mol. The van der Waals surface area contributed by atoms with Crippen molar-refractivity contribution >= 4 is 23.6 Å². The first kappa shape index (κ1) is 26.4. The third-order valence-electron chi connectivity index (χ3n) is 8.09. The van der Waals surface area contributed by atoms with E-state index in [0.29, 0.717) is 37.1 Å². The zero-order valence-electron chi connectivity index (χ0n) is 22.6. The first-order valence-electron chi connectivity index (χ1n) is 13.6. The molecule has 0 aliphatic carbocycles. The van der Waals surface area contributed by atoms with Crippen molar-refractivity contribution in [3.63, 3.8) is 0 Å².